The monoisotopic (exact) mass is 266 g/mol. The van der Waals surface area contributed by atoms with Crippen LogP contribution in [0, 0.1) is 6.92 Å². The first-order chi connectivity index (χ1) is 8.49. The fourth-order valence-electron chi connectivity index (χ4n) is 1.40. The summed E-state index contributed by atoms with van der Waals surface area (Å²) in [5.41, 5.74) is 6.76. The predicted molar refractivity (Wildman–Crippen MR) is 68.8 cm³/mol. The number of H-pyrrole nitrogens is 1. The van der Waals surface area contributed by atoms with E-state index in [-0.39, 0.29) is 17.1 Å². The number of aromatic hydroxyl groups is 1. The minimum Gasteiger partial charge on any atom is -0.507 e. The van der Waals surface area contributed by atoms with Crippen molar-refractivity contribution in [2.45, 2.75) is 6.92 Å². The Bertz CT molecular complexity index is 609. The third-order valence-electron chi connectivity index (χ3n) is 2.43. The molecule has 5 N–H and O–H groups in total. The van der Waals surface area contributed by atoms with E-state index in [1.54, 1.807) is 6.92 Å². The maximum absolute atomic E-state index is 11.9. The van der Waals surface area contributed by atoms with E-state index in [0.29, 0.717) is 16.4 Å². The Balaban J connectivity index is 2.27. The number of nitrogens with zero attached hydrogens (tertiary/aromatic N) is 1. The number of aryl methyl sites for hydroxylation is 1. The van der Waals surface area contributed by atoms with E-state index in [1.807, 2.05) is 0 Å². The quantitative estimate of drug-likeness (QED) is 0.666. The molecular weight excluding hydrogens is 256 g/mol. The van der Waals surface area contributed by atoms with E-state index >= 15 is 0 Å². The van der Waals surface area contributed by atoms with Gasteiger partial charge in [0, 0.05) is 5.02 Å². The van der Waals surface area contributed by atoms with Crippen LogP contribution in [-0.4, -0.2) is 21.2 Å². The normalized spacial score (nSPS) is 10.3. The summed E-state index contributed by atoms with van der Waals surface area (Å²) in [7, 11) is 0. The van der Waals surface area contributed by atoms with E-state index < -0.39 is 5.91 Å². The number of nitrogens with two attached hydrogens (primary N) is 1. The molecule has 0 unspecified atom stereocenters. The molecule has 0 aliphatic heterocycles. The van der Waals surface area contributed by atoms with E-state index in [9.17, 15) is 9.90 Å². The second kappa shape index (κ2) is 4.58. The van der Waals surface area contributed by atoms with Crippen LogP contribution in [0.4, 0.5) is 11.5 Å². The second-order valence-corrected chi connectivity index (χ2v) is 4.16. The number of carbonyl (C=O) groups excluding carboxylic acids is 1. The van der Waals surface area contributed by atoms with E-state index in [0.717, 1.165) is 0 Å². The Morgan fingerprint density at radius 3 is 2.89 bits per heavy atom. The highest BCUT2D eigenvalue weighted by Gasteiger charge is 2.15. The van der Waals surface area contributed by atoms with Crippen molar-refractivity contribution < 1.29 is 9.90 Å². The smallest absolute Gasteiger partial charge is 0.260 e. The van der Waals surface area contributed by atoms with Gasteiger partial charge in [-0.1, -0.05) is 11.6 Å². The molecule has 0 aliphatic carbocycles. The molecule has 6 nitrogen and oxygen atoms in total. The minimum absolute atomic E-state index is 0.0579. The first-order valence-electron chi connectivity index (χ1n) is 5.09. The molecule has 2 aromatic rings. The average Bonchev–Trinajstić information content (AvgIpc) is 2.64. The molecule has 1 heterocycles. The highest BCUT2D eigenvalue weighted by molar-refractivity contribution is 6.31. The van der Waals surface area contributed by atoms with Gasteiger partial charge in [-0.15, -0.1) is 0 Å². The summed E-state index contributed by atoms with van der Waals surface area (Å²) in [4.78, 5) is 11.9. The van der Waals surface area contributed by atoms with Gasteiger partial charge in [-0.2, -0.15) is 5.10 Å². The van der Waals surface area contributed by atoms with Gasteiger partial charge in [-0.25, -0.2) is 0 Å². The van der Waals surface area contributed by atoms with Crippen LogP contribution in [0.5, 0.6) is 5.75 Å². The SMILES string of the molecule is Cc1[nH]nc(NC(=O)c2cc(Cl)ccc2O)c1N. The van der Waals surface area contributed by atoms with Crippen LogP contribution < -0.4 is 11.1 Å². The molecule has 1 aromatic carbocycles. The predicted octanol–water partition coefficient (Wildman–Crippen LogP) is 1.91. The lowest BCUT2D eigenvalue weighted by atomic mass is 10.2. The van der Waals surface area contributed by atoms with Crippen molar-refractivity contribution in [3.63, 3.8) is 0 Å². The number of nitrogen functional groups attached to an aromatic ring is 1. The summed E-state index contributed by atoms with van der Waals surface area (Å²) in [6.07, 6.45) is 0. The number of benzene rings is 1. The van der Waals surface area contributed by atoms with Gasteiger partial charge in [0.1, 0.15) is 5.75 Å². The Morgan fingerprint density at radius 1 is 1.56 bits per heavy atom. The third kappa shape index (κ3) is 2.23. The molecule has 1 aromatic heterocycles. The van der Waals surface area contributed by atoms with Crippen molar-refractivity contribution in [1.29, 1.82) is 0 Å². The molecule has 0 bridgehead atoms. The van der Waals surface area contributed by atoms with Gasteiger partial charge in [0.2, 0.25) is 0 Å². The third-order valence-corrected chi connectivity index (χ3v) is 2.66. The molecule has 0 aliphatic rings. The van der Waals surface area contributed by atoms with Crippen LogP contribution in [0.3, 0.4) is 0 Å². The zero-order valence-corrected chi connectivity index (χ0v) is 10.2. The van der Waals surface area contributed by atoms with Crippen LogP contribution in [0.25, 0.3) is 0 Å². The van der Waals surface area contributed by atoms with Crippen molar-refractivity contribution in [3.8, 4) is 5.75 Å². The topological polar surface area (TPSA) is 104 Å². The van der Waals surface area contributed by atoms with Gasteiger partial charge in [0.05, 0.1) is 16.9 Å². The average molecular weight is 267 g/mol. The first kappa shape index (κ1) is 12.3. The number of aromatic nitrogens is 2. The lowest BCUT2D eigenvalue weighted by Gasteiger charge is -2.05. The lowest BCUT2D eigenvalue weighted by molar-refractivity contribution is 0.102. The van der Waals surface area contributed by atoms with Crippen LogP contribution in [0.1, 0.15) is 16.1 Å². The second-order valence-electron chi connectivity index (χ2n) is 3.73. The number of amides is 1. The summed E-state index contributed by atoms with van der Waals surface area (Å²) in [6, 6.07) is 4.19. The van der Waals surface area contributed by atoms with Gasteiger partial charge in [0.25, 0.3) is 5.91 Å². The van der Waals surface area contributed by atoms with Crippen molar-refractivity contribution in [1.82, 2.24) is 10.2 Å². The molecule has 18 heavy (non-hydrogen) atoms. The minimum atomic E-state index is -0.534. The molecule has 94 valence electrons. The largest absolute Gasteiger partial charge is 0.507 e. The number of carbonyl (C=O) groups is 1. The summed E-state index contributed by atoms with van der Waals surface area (Å²) < 4.78 is 0. The van der Waals surface area contributed by atoms with Gasteiger partial charge in [-0.3, -0.25) is 9.89 Å². The molecule has 0 atom stereocenters. The highest BCUT2D eigenvalue weighted by atomic mass is 35.5. The van der Waals surface area contributed by atoms with Crippen LogP contribution in [-0.2, 0) is 0 Å². The molecule has 0 radical (unpaired) electrons. The summed E-state index contributed by atoms with van der Waals surface area (Å²) >= 11 is 5.76. The number of nitrogens with one attached hydrogen (secondary N) is 2. The number of hydrogen-bond donors (Lipinski definition) is 4. The molecule has 0 spiro atoms. The Kier molecular flexibility index (Phi) is 3.12. The van der Waals surface area contributed by atoms with Gasteiger partial charge < -0.3 is 16.2 Å². The maximum Gasteiger partial charge on any atom is 0.260 e. The lowest BCUT2D eigenvalue weighted by Crippen LogP contribution is -2.13. The maximum atomic E-state index is 11.9. The van der Waals surface area contributed by atoms with Gasteiger partial charge >= 0.3 is 0 Å². The van der Waals surface area contributed by atoms with Gasteiger partial charge in [-0.05, 0) is 25.1 Å². The van der Waals surface area contributed by atoms with Crippen molar-refractivity contribution in [2.75, 3.05) is 11.1 Å². The van der Waals surface area contributed by atoms with E-state index in [1.165, 1.54) is 18.2 Å². The van der Waals surface area contributed by atoms with E-state index in [2.05, 4.69) is 15.5 Å². The van der Waals surface area contributed by atoms with Crippen LogP contribution in [0.2, 0.25) is 5.02 Å². The van der Waals surface area contributed by atoms with Crippen molar-refractivity contribution in [2.24, 2.45) is 0 Å². The Morgan fingerprint density at radius 2 is 2.28 bits per heavy atom. The van der Waals surface area contributed by atoms with Crippen molar-refractivity contribution in [3.05, 3.63) is 34.5 Å². The Labute approximate surface area is 108 Å². The number of phenolic OH excluding ortho intramolecular Hbond substituents is 1. The molecule has 7 heteroatoms. The van der Waals surface area contributed by atoms with Crippen molar-refractivity contribution >= 4 is 29.0 Å². The van der Waals surface area contributed by atoms with E-state index in [4.69, 9.17) is 17.3 Å². The molecule has 2 rings (SSSR count). The summed E-state index contributed by atoms with van der Waals surface area (Å²) in [5, 5.41) is 18.9. The number of rotatable bonds is 2. The van der Waals surface area contributed by atoms with Crippen LogP contribution >= 0.6 is 11.6 Å². The first-order valence-corrected chi connectivity index (χ1v) is 5.47. The zero-order valence-electron chi connectivity index (χ0n) is 9.49. The molecule has 0 saturated carbocycles. The molecule has 1 amide bonds. The highest BCUT2D eigenvalue weighted by Crippen LogP contribution is 2.24. The molecular formula is C11H11ClN4O2. The number of anilines is 2. The fraction of sp³-hybridized carbons (Fsp3) is 0.0909. The summed E-state index contributed by atoms with van der Waals surface area (Å²) in [6.45, 7) is 1.73. The Hall–Kier alpha value is -2.21. The fourth-order valence-corrected chi connectivity index (χ4v) is 1.57. The standard InChI is InChI=1S/C11H11ClN4O2/c1-5-9(13)10(16-15-5)14-11(18)7-4-6(12)2-3-8(7)17/h2-4,17H,13H2,1H3,(H2,14,15,16,18). The zero-order chi connectivity index (χ0) is 13.3. The molecule has 0 fully saturated rings. The summed E-state index contributed by atoms with van der Waals surface area (Å²) in [5.74, 6) is -0.479. The number of hydrogen-bond acceptors (Lipinski definition) is 4. The van der Waals surface area contributed by atoms with Crippen LogP contribution in [0.15, 0.2) is 18.2 Å². The van der Waals surface area contributed by atoms with Gasteiger partial charge in [0.15, 0.2) is 5.82 Å². The molecule has 0 saturated heterocycles. The number of aromatic amines is 1. The number of phenols is 1. The number of halogens is 1.